The molecule has 0 aromatic heterocycles. The number of hydrogen-bond donors (Lipinski definition) is 2. The lowest BCUT2D eigenvalue weighted by Gasteiger charge is -2.15. The van der Waals surface area contributed by atoms with Gasteiger partial charge >= 0.3 is 0 Å². The second-order valence-electron chi connectivity index (χ2n) is 4.99. The molecule has 0 fully saturated rings. The fraction of sp³-hybridized carbons (Fsp3) is 0.500. The zero-order valence-corrected chi connectivity index (χ0v) is 12.8. The van der Waals surface area contributed by atoms with Crippen LogP contribution in [0.4, 0.5) is 0 Å². The number of hydrogen-bond acceptors (Lipinski definition) is 4. The monoisotopic (exact) mass is 299 g/mol. The van der Waals surface area contributed by atoms with Crippen molar-refractivity contribution in [3.63, 3.8) is 0 Å². The van der Waals surface area contributed by atoms with E-state index in [0.29, 0.717) is 18.4 Å². The molecule has 0 radical (unpaired) electrons. The maximum Gasteiger partial charge on any atom is 0.251 e. The van der Waals surface area contributed by atoms with Gasteiger partial charge < -0.3 is 10.4 Å². The normalized spacial score (nSPS) is 13.0. The summed E-state index contributed by atoms with van der Waals surface area (Å²) in [6.07, 6.45) is 2.40. The molecule has 0 aliphatic rings. The molecular weight excluding hydrogens is 278 g/mol. The van der Waals surface area contributed by atoms with Gasteiger partial charge in [0.2, 0.25) is 0 Å². The van der Waals surface area contributed by atoms with Crippen LogP contribution >= 0.6 is 0 Å². The SMILES string of the molecule is Cc1ccc(S(C)(=O)=O)cc1C(=O)NC(C)CCCO. The number of aliphatic hydroxyl groups is 1. The molecule has 112 valence electrons. The number of carbonyl (C=O) groups is 1. The van der Waals surface area contributed by atoms with Crippen molar-refractivity contribution in [1.82, 2.24) is 5.32 Å². The van der Waals surface area contributed by atoms with E-state index in [0.717, 1.165) is 11.8 Å². The summed E-state index contributed by atoms with van der Waals surface area (Å²) in [5.74, 6) is -0.293. The topological polar surface area (TPSA) is 83.5 Å². The van der Waals surface area contributed by atoms with Gasteiger partial charge in [0.1, 0.15) is 0 Å². The molecule has 1 aromatic rings. The molecule has 0 saturated carbocycles. The third kappa shape index (κ3) is 4.61. The van der Waals surface area contributed by atoms with Gasteiger partial charge in [-0.2, -0.15) is 0 Å². The predicted octanol–water partition coefficient (Wildman–Crippen LogP) is 1.29. The standard InChI is InChI=1S/C14H21NO4S/c1-10-6-7-12(20(3,18)19)9-13(10)14(17)15-11(2)5-4-8-16/h6-7,9,11,16H,4-5,8H2,1-3H3,(H,15,17). The van der Waals surface area contributed by atoms with Crippen molar-refractivity contribution in [3.8, 4) is 0 Å². The van der Waals surface area contributed by atoms with E-state index >= 15 is 0 Å². The molecule has 5 nitrogen and oxygen atoms in total. The smallest absolute Gasteiger partial charge is 0.251 e. The average Bonchev–Trinajstić information content (AvgIpc) is 2.35. The van der Waals surface area contributed by atoms with Gasteiger partial charge in [0.15, 0.2) is 9.84 Å². The molecule has 0 bridgehead atoms. The van der Waals surface area contributed by atoms with Crippen LogP contribution in [0.5, 0.6) is 0 Å². The van der Waals surface area contributed by atoms with Crippen molar-refractivity contribution in [2.24, 2.45) is 0 Å². The van der Waals surface area contributed by atoms with E-state index in [4.69, 9.17) is 5.11 Å². The van der Waals surface area contributed by atoms with Crippen LogP contribution in [-0.2, 0) is 9.84 Å². The molecule has 20 heavy (non-hydrogen) atoms. The molecular formula is C14H21NO4S. The molecule has 0 aliphatic carbocycles. The highest BCUT2D eigenvalue weighted by Gasteiger charge is 2.15. The summed E-state index contributed by atoms with van der Waals surface area (Å²) in [5.41, 5.74) is 1.09. The van der Waals surface area contributed by atoms with Gasteiger partial charge in [0.25, 0.3) is 5.91 Å². The minimum absolute atomic E-state index is 0.0732. The van der Waals surface area contributed by atoms with E-state index in [9.17, 15) is 13.2 Å². The van der Waals surface area contributed by atoms with Gasteiger partial charge in [-0.05, 0) is 44.4 Å². The molecule has 1 unspecified atom stereocenters. The van der Waals surface area contributed by atoms with Crippen LogP contribution in [0.1, 0.15) is 35.7 Å². The Bertz CT molecular complexity index is 581. The summed E-state index contributed by atoms with van der Waals surface area (Å²) < 4.78 is 23.0. The lowest BCUT2D eigenvalue weighted by atomic mass is 10.1. The predicted molar refractivity (Wildman–Crippen MR) is 77.5 cm³/mol. The molecule has 1 amide bonds. The highest BCUT2D eigenvalue weighted by Crippen LogP contribution is 2.16. The number of sulfone groups is 1. The van der Waals surface area contributed by atoms with E-state index in [1.165, 1.54) is 12.1 Å². The summed E-state index contributed by atoms with van der Waals surface area (Å²) in [4.78, 5) is 12.3. The number of benzene rings is 1. The highest BCUT2D eigenvalue weighted by molar-refractivity contribution is 7.90. The Kier molecular flexibility index (Phi) is 5.71. The van der Waals surface area contributed by atoms with E-state index in [-0.39, 0.29) is 23.5 Å². The average molecular weight is 299 g/mol. The van der Waals surface area contributed by atoms with E-state index in [2.05, 4.69) is 5.32 Å². The van der Waals surface area contributed by atoms with Crippen LogP contribution in [0.15, 0.2) is 23.1 Å². The first-order valence-electron chi connectivity index (χ1n) is 6.48. The Morgan fingerprint density at radius 2 is 2.05 bits per heavy atom. The Morgan fingerprint density at radius 3 is 2.60 bits per heavy atom. The molecule has 0 heterocycles. The Balaban J connectivity index is 2.93. The number of amides is 1. The second kappa shape index (κ2) is 6.85. The zero-order valence-electron chi connectivity index (χ0n) is 12.0. The van der Waals surface area contributed by atoms with Crippen molar-refractivity contribution >= 4 is 15.7 Å². The molecule has 1 aromatic carbocycles. The van der Waals surface area contributed by atoms with Gasteiger partial charge in [-0.15, -0.1) is 0 Å². The first kappa shape index (κ1) is 16.7. The van der Waals surface area contributed by atoms with E-state index in [1.54, 1.807) is 13.0 Å². The Morgan fingerprint density at radius 1 is 1.40 bits per heavy atom. The molecule has 0 saturated heterocycles. The Labute approximate surface area is 119 Å². The maximum absolute atomic E-state index is 12.1. The molecule has 1 atom stereocenters. The number of aliphatic hydroxyl groups excluding tert-OH is 1. The quantitative estimate of drug-likeness (QED) is 0.829. The van der Waals surface area contributed by atoms with Gasteiger partial charge in [0, 0.05) is 24.5 Å². The van der Waals surface area contributed by atoms with Crippen LogP contribution in [0.3, 0.4) is 0 Å². The highest BCUT2D eigenvalue weighted by atomic mass is 32.2. The van der Waals surface area contributed by atoms with Crippen LogP contribution in [0.25, 0.3) is 0 Å². The molecule has 0 spiro atoms. The third-order valence-electron chi connectivity index (χ3n) is 3.05. The summed E-state index contributed by atoms with van der Waals surface area (Å²) in [5, 5.41) is 11.6. The molecule has 1 rings (SSSR count). The van der Waals surface area contributed by atoms with Crippen LogP contribution in [-0.4, -0.2) is 38.3 Å². The number of nitrogens with one attached hydrogen (secondary N) is 1. The van der Waals surface area contributed by atoms with Crippen molar-refractivity contribution in [1.29, 1.82) is 0 Å². The van der Waals surface area contributed by atoms with E-state index < -0.39 is 9.84 Å². The van der Waals surface area contributed by atoms with Crippen LogP contribution in [0.2, 0.25) is 0 Å². The first-order chi connectivity index (χ1) is 9.25. The van der Waals surface area contributed by atoms with Gasteiger partial charge in [-0.3, -0.25) is 4.79 Å². The number of aryl methyl sites for hydroxylation is 1. The fourth-order valence-corrected chi connectivity index (χ4v) is 2.49. The lowest BCUT2D eigenvalue weighted by Crippen LogP contribution is -2.33. The minimum Gasteiger partial charge on any atom is -0.396 e. The summed E-state index contributed by atoms with van der Waals surface area (Å²) >= 11 is 0. The molecule has 6 heteroatoms. The molecule has 2 N–H and O–H groups in total. The van der Waals surface area contributed by atoms with Crippen molar-refractivity contribution in [2.45, 2.75) is 37.6 Å². The largest absolute Gasteiger partial charge is 0.396 e. The van der Waals surface area contributed by atoms with Crippen LogP contribution in [0, 0.1) is 6.92 Å². The number of carbonyl (C=O) groups excluding carboxylic acids is 1. The summed E-state index contributed by atoms with van der Waals surface area (Å²) in [7, 11) is -3.33. The van der Waals surface area contributed by atoms with Gasteiger partial charge in [0.05, 0.1) is 4.90 Å². The zero-order chi connectivity index (χ0) is 15.3. The second-order valence-corrected chi connectivity index (χ2v) is 7.00. The number of rotatable bonds is 6. The van der Waals surface area contributed by atoms with Crippen molar-refractivity contribution in [3.05, 3.63) is 29.3 Å². The lowest BCUT2D eigenvalue weighted by molar-refractivity contribution is 0.0935. The van der Waals surface area contributed by atoms with Gasteiger partial charge in [-0.1, -0.05) is 6.07 Å². The summed E-state index contributed by atoms with van der Waals surface area (Å²) in [6.45, 7) is 3.70. The third-order valence-corrected chi connectivity index (χ3v) is 4.16. The van der Waals surface area contributed by atoms with Crippen molar-refractivity contribution < 1.29 is 18.3 Å². The van der Waals surface area contributed by atoms with E-state index in [1.807, 2.05) is 6.92 Å². The van der Waals surface area contributed by atoms with Crippen LogP contribution < -0.4 is 5.32 Å². The van der Waals surface area contributed by atoms with Gasteiger partial charge in [-0.25, -0.2) is 8.42 Å². The Hall–Kier alpha value is -1.40. The first-order valence-corrected chi connectivity index (χ1v) is 8.37. The van der Waals surface area contributed by atoms with Crippen molar-refractivity contribution in [2.75, 3.05) is 12.9 Å². The minimum atomic E-state index is -3.33. The summed E-state index contributed by atoms with van der Waals surface area (Å²) in [6, 6.07) is 4.45. The molecule has 0 aliphatic heterocycles. The fourth-order valence-electron chi connectivity index (χ4n) is 1.85. The maximum atomic E-state index is 12.1.